The summed E-state index contributed by atoms with van der Waals surface area (Å²) in [6.07, 6.45) is 1.74. The maximum atomic E-state index is 5.29. The van der Waals surface area contributed by atoms with Gasteiger partial charge < -0.3 is 9.47 Å². The fourth-order valence-electron chi connectivity index (χ4n) is 1.46. The van der Waals surface area contributed by atoms with Crippen LogP contribution >= 0.6 is 31.9 Å². The number of fused-ring (bicyclic) bond motifs is 1. The van der Waals surface area contributed by atoms with Gasteiger partial charge in [0.05, 0.1) is 18.7 Å². The summed E-state index contributed by atoms with van der Waals surface area (Å²) in [5, 5.41) is 0.950. The first-order chi connectivity index (χ1) is 7.67. The van der Waals surface area contributed by atoms with Crippen molar-refractivity contribution >= 4 is 42.8 Å². The quantitative estimate of drug-likeness (QED) is 0.829. The van der Waals surface area contributed by atoms with Gasteiger partial charge in [0, 0.05) is 22.1 Å². The molecule has 0 N–H and O–H groups in total. The number of ether oxygens (including phenoxy) is 2. The highest BCUT2D eigenvalue weighted by molar-refractivity contribution is 9.13. The second-order valence-electron chi connectivity index (χ2n) is 3.15. The highest BCUT2D eigenvalue weighted by Gasteiger charge is 2.11. The molecule has 0 aliphatic carbocycles. The summed E-state index contributed by atoms with van der Waals surface area (Å²) in [7, 11) is 3.24. The number of halogens is 2. The Kier molecular flexibility index (Phi) is 3.35. The second kappa shape index (κ2) is 4.59. The molecule has 2 aromatic rings. The van der Waals surface area contributed by atoms with Gasteiger partial charge in [-0.2, -0.15) is 0 Å². The molecule has 0 saturated heterocycles. The summed E-state index contributed by atoms with van der Waals surface area (Å²) in [5.74, 6) is 1.44. The molecule has 16 heavy (non-hydrogen) atoms. The molecule has 0 atom stereocenters. The molecule has 0 saturated carbocycles. The lowest BCUT2D eigenvalue weighted by Crippen LogP contribution is -1.91. The van der Waals surface area contributed by atoms with E-state index in [1.807, 2.05) is 12.1 Å². The van der Waals surface area contributed by atoms with Gasteiger partial charge in [-0.1, -0.05) is 0 Å². The predicted octanol–water partition coefficient (Wildman–Crippen LogP) is 3.78. The van der Waals surface area contributed by atoms with Crippen molar-refractivity contribution in [1.82, 2.24) is 4.98 Å². The van der Waals surface area contributed by atoms with Gasteiger partial charge in [-0.05, 0) is 37.9 Å². The van der Waals surface area contributed by atoms with Crippen molar-refractivity contribution < 1.29 is 9.47 Å². The Morgan fingerprint density at radius 3 is 2.50 bits per heavy atom. The lowest BCUT2D eigenvalue weighted by Gasteiger charge is -2.09. The Balaban J connectivity index is 2.84. The molecule has 0 spiro atoms. The largest absolute Gasteiger partial charge is 0.497 e. The number of pyridine rings is 1. The Morgan fingerprint density at radius 1 is 1.12 bits per heavy atom. The minimum Gasteiger partial charge on any atom is -0.497 e. The molecule has 0 aliphatic heterocycles. The Hall–Kier alpha value is -0.810. The molecular formula is C11H9Br2NO2. The molecule has 5 heteroatoms. The van der Waals surface area contributed by atoms with Crippen LogP contribution in [0.1, 0.15) is 0 Å². The smallest absolute Gasteiger partial charge is 0.148 e. The lowest BCUT2D eigenvalue weighted by molar-refractivity contribution is 0.397. The Bertz CT molecular complexity index is 543. The number of hydrogen-bond donors (Lipinski definition) is 0. The van der Waals surface area contributed by atoms with Crippen molar-refractivity contribution in [3.8, 4) is 11.5 Å². The number of aromatic nitrogens is 1. The average molecular weight is 347 g/mol. The molecule has 0 radical (unpaired) electrons. The van der Waals surface area contributed by atoms with Crippen LogP contribution in [0.15, 0.2) is 27.3 Å². The van der Waals surface area contributed by atoms with E-state index in [2.05, 4.69) is 36.8 Å². The van der Waals surface area contributed by atoms with Crippen molar-refractivity contribution in [2.24, 2.45) is 0 Å². The molecule has 0 aliphatic rings. The highest BCUT2D eigenvalue weighted by Crippen LogP contribution is 2.36. The molecule has 3 nitrogen and oxygen atoms in total. The van der Waals surface area contributed by atoms with Crippen molar-refractivity contribution in [1.29, 1.82) is 0 Å². The summed E-state index contributed by atoms with van der Waals surface area (Å²) < 4.78 is 12.3. The first kappa shape index (κ1) is 11.7. The molecule has 0 amide bonds. The van der Waals surface area contributed by atoms with Crippen LogP contribution < -0.4 is 9.47 Å². The number of nitrogens with zero attached hydrogens (tertiary/aromatic N) is 1. The molecule has 1 heterocycles. The van der Waals surface area contributed by atoms with Crippen LogP contribution in [0.5, 0.6) is 11.5 Å². The van der Waals surface area contributed by atoms with Crippen molar-refractivity contribution in [2.45, 2.75) is 0 Å². The van der Waals surface area contributed by atoms with Gasteiger partial charge in [-0.15, -0.1) is 0 Å². The maximum Gasteiger partial charge on any atom is 0.148 e. The number of rotatable bonds is 2. The van der Waals surface area contributed by atoms with Crippen LogP contribution in [0, 0.1) is 0 Å². The van der Waals surface area contributed by atoms with E-state index < -0.39 is 0 Å². The zero-order valence-electron chi connectivity index (χ0n) is 8.75. The van der Waals surface area contributed by atoms with Gasteiger partial charge in [0.2, 0.25) is 0 Å². The van der Waals surface area contributed by atoms with Crippen molar-refractivity contribution in [3.63, 3.8) is 0 Å². The molecule has 0 unspecified atom stereocenters. The standard InChI is InChI=1S/C11H9Br2NO2/c1-15-6-3-7-10(13)8(12)5-14-11(7)9(4-6)16-2/h3-5H,1-2H3. The van der Waals surface area contributed by atoms with E-state index in [0.717, 1.165) is 25.6 Å². The SMILES string of the molecule is COc1cc(OC)c2ncc(Br)c(Br)c2c1. The van der Waals surface area contributed by atoms with Gasteiger partial charge in [-0.25, -0.2) is 0 Å². The van der Waals surface area contributed by atoms with Crippen molar-refractivity contribution in [2.75, 3.05) is 14.2 Å². The van der Waals surface area contributed by atoms with Gasteiger partial charge in [-0.3, -0.25) is 4.98 Å². The van der Waals surface area contributed by atoms with Gasteiger partial charge in [0.25, 0.3) is 0 Å². The summed E-state index contributed by atoms with van der Waals surface area (Å²) in [6, 6.07) is 3.73. The number of hydrogen-bond acceptors (Lipinski definition) is 3. The molecule has 1 aromatic carbocycles. The van der Waals surface area contributed by atoms with Crippen LogP contribution in [-0.2, 0) is 0 Å². The van der Waals surface area contributed by atoms with E-state index in [0.29, 0.717) is 5.75 Å². The third-order valence-corrected chi connectivity index (χ3v) is 4.24. The van der Waals surface area contributed by atoms with Gasteiger partial charge in [0.1, 0.15) is 17.0 Å². The third-order valence-electron chi connectivity index (χ3n) is 2.26. The molecule has 84 valence electrons. The zero-order valence-corrected chi connectivity index (χ0v) is 11.9. The Labute approximate surface area is 110 Å². The summed E-state index contributed by atoms with van der Waals surface area (Å²) in [6.45, 7) is 0. The zero-order chi connectivity index (χ0) is 11.7. The van der Waals surface area contributed by atoms with Crippen LogP contribution in [-0.4, -0.2) is 19.2 Å². The van der Waals surface area contributed by atoms with E-state index in [1.54, 1.807) is 20.4 Å². The fourth-order valence-corrected chi connectivity index (χ4v) is 2.18. The number of benzene rings is 1. The molecule has 1 aromatic heterocycles. The first-order valence-corrected chi connectivity index (χ1v) is 6.11. The van der Waals surface area contributed by atoms with Gasteiger partial charge >= 0.3 is 0 Å². The highest BCUT2D eigenvalue weighted by atomic mass is 79.9. The maximum absolute atomic E-state index is 5.29. The van der Waals surface area contributed by atoms with Crippen LogP contribution in [0.25, 0.3) is 10.9 Å². The number of methoxy groups -OCH3 is 2. The Morgan fingerprint density at radius 2 is 1.88 bits per heavy atom. The third kappa shape index (κ3) is 1.89. The molecule has 0 bridgehead atoms. The fraction of sp³-hybridized carbons (Fsp3) is 0.182. The van der Waals surface area contributed by atoms with E-state index in [9.17, 15) is 0 Å². The molecule has 0 fully saturated rings. The average Bonchev–Trinajstić information content (AvgIpc) is 2.32. The molecule has 2 rings (SSSR count). The van der Waals surface area contributed by atoms with E-state index >= 15 is 0 Å². The minimum absolute atomic E-state index is 0.697. The van der Waals surface area contributed by atoms with E-state index in [4.69, 9.17) is 9.47 Å². The van der Waals surface area contributed by atoms with E-state index in [1.165, 1.54) is 0 Å². The van der Waals surface area contributed by atoms with Crippen LogP contribution in [0.2, 0.25) is 0 Å². The predicted molar refractivity (Wildman–Crippen MR) is 70.2 cm³/mol. The lowest BCUT2D eigenvalue weighted by atomic mass is 10.2. The first-order valence-electron chi connectivity index (χ1n) is 4.53. The van der Waals surface area contributed by atoms with Gasteiger partial charge in [0.15, 0.2) is 0 Å². The summed E-state index contributed by atoms with van der Waals surface area (Å²) in [5.41, 5.74) is 0.804. The van der Waals surface area contributed by atoms with Crippen molar-refractivity contribution in [3.05, 3.63) is 27.3 Å². The monoisotopic (exact) mass is 345 g/mol. The summed E-state index contributed by atoms with van der Waals surface area (Å²) in [4.78, 5) is 4.33. The second-order valence-corrected chi connectivity index (χ2v) is 4.79. The van der Waals surface area contributed by atoms with E-state index in [-0.39, 0.29) is 0 Å². The van der Waals surface area contributed by atoms with Crippen LogP contribution in [0.3, 0.4) is 0 Å². The topological polar surface area (TPSA) is 31.4 Å². The van der Waals surface area contributed by atoms with Crippen LogP contribution in [0.4, 0.5) is 0 Å². The summed E-state index contributed by atoms with van der Waals surface area (Å²) >= 11 is 6.93. The minimum atomic E-state index is 0.697. The normalized spacial score (nSPS) is 10.5. The molecular weight excluding hydrogens is 338 g/mol.